The van der Waals surface area contributed by atoms with Crippen LogP contribution in [0.1, 0.15) is 49.9 Å². The molecule has 2 aromatic rings. The van der Waals surface area contributed by atoms with Crippen LogP contribution in [0.2, 0.25) is 0 Å². The molecule has 0 radical (unpaired) electrons. The fourth-order valence-electron chi connectivity index (χ4n) is 2.73. The summed E-state index contributed by atoms with van der Waals surface area (Å²) in [6.07, 6.45) is 1.03. The van der Waals surface area contributed by atoms with Crippen molar-refractivity contribution in [2.24, 2.45) is 5.92 Å². The zero-order valence-electron chi connectivity index (χ0n) is 17.0. The third-order valence-electron chi connectivity index (χ3n) is 4.36. The summed E-state index contributed by atoms with van der Waals surface area (Å²) in [5.41, 5.74) is 2.62. The van der Waals surface area contributed by atoms with Gasteiger partial charge in [0.1, 0.15) is 0 Å². The smallest absolute Gasteiger partial charge is 0.220 e. The summed E-state index contributed by atoms with van der Waals surface area (Å²) in [5.74, 6) is 1.78. The number of aryl methyl sites for hydroxylation is 1. The van der Waals surface area contributed by atoms with E-state index in [2.05, 4.69) is 25.2 Å². The minimum atomic E-state index is -0.137. The Balaban J connectivity index is 1.92. The van der Waals surface area contributed by atoms with Gasteiger partial charge in [0.25, 0.3) is 0 Å². The maximum Gasteiger partial charge on any atom is 0.220 e. The predicted octanol–water partition coefficient (Wildman–Crippen LogP) is 4.41. The molecule has 0 bridgehead atoms. The molecular weight excluding hydrogens is 352 g/mol. The van der Waals surface area contributed by atoms with Crippen LogP contribution in [0, 0.1) is 17.2 Å². The highest BCUT2D eigenvalue weighted by Crippen LogP contribution is 2.30. The van der Waals surface area contributed by atoms with Crippen LogP contribution in [-0.4, -0.2) is 19.6 Å². The van der Waals surface area contributed by atoms with Crippen LogP contribution in [-0.2, 0) is 11.2 Å². The molecule has 2 rings (SSSR count). The van der Waals surface area contributed by atoms with Crippen molar-refractivity contribution in [1.29, 1.82) is 5.26 Å². The summed E-state index contributed by atoms with van der Waals surface area (Å²) in [4.78, 5) is 12.3. The second-order valence-electron chi connectivity index (χ2n) is 7.21. The highest BCUT2D eigenvalue weighted by Gasteiger charge is 2.13. The maximum atomic E-state index is 12.3. The number of nitriles is 1. The first-order valence-electron chi connectivity index (χ1n) is 9.52. The molecule has 0 unspecified atom stereocenters. The average Bonchev–Trinajstić information content (AvgIpc) is 2.70. The standard InChI is InChI=1S/C23H28N2O3/c1-16(2)15-28-21-11-10-20(13-22(21)27-4)17(3)25-23(26)12-9-18-5-7-19(14-24)8-6-18/h5-8,10-11,13,16-17H,9,12,15H2,1-4H3,(H,25,26)/t17-/m1/s1. The molecule has 0 heterocycles. The summed E-state index contributed by atoms with van der Waals surface area (Å²) in [6, 6.07) is 15.0. The van der Waals surface area contributed by atoms with E-state index >= 15 is 0 Å². The summed E-state index contributed by atoms with van der Waals surface area (Å²) in [7, 11) is 1.61. The van der Waals surface area contributed by atoms with Gasteiger partial charge in [-0.1, -0.05) is 32.0 Å². The lowest BCUT2D eigenvalue weighted by Gasteiger charge is -2.18. The van der Waals surface area contributed by atoms with Crippen molar-refractivity contribution in [3.63, 3.8) is 0 Å². The number of benzene rings is 2. The van der Waals surface area contributed by atoms with E-state index in [4.69, 9.17) is 14.7 Å². The van der Waals surface area contributed by atoms with Crippen LogP contribution in [0.15, 0.2) is 42.5 Å². The molecule has 148 valence electrons. The molecule has 0 aromatic heterocycles. The number of carbonyl (C=O) groups is 1. The van der Waals surface area contributed by atoms with Gasteiger partial charge in [-0.15, -0.1) is 0 Å². The van der Waals surface area contributed by atoms with E-state index in [-0.39, 0.29) is 11.9 Å². The highest BCUT2D eigenvalue weighted by atomic mass is 16.5. The minimum absolute atomic E-state index is 0.0176. The molecule has 0 aliphatic carbocycles. The van der Waals surface area contributed by atoms with Crippen LogP contribution in [0.4, 0.5) is 0 Å². The molecule has 28 heavy (non-hydrogen) atoms. The van der Waals surface area contributed by atoms with Gasteiger partial charge in [0.05, 0.1) is 31.4 Å². The number of amides is 1. The fourth-order valence-corrected chi connectivity index (χ4v) is 2.73. The van der Waals surface area contributed by atoms with Crippen molar-refractivity contribution in [3.05, 3.63) is 59.2 Å². The van der Waals surface area contributed by atoms with E-state index in [1.807, 2.05) is 37.3 Å². The molecule has 1 atom stereocenters. The van der Waals surface area contributed by atoms with Gasteiger partial charge >= 0.3 is 0 Å². The zero-order valence-corrected chi connectivity index (χ0v) is 17.0. The predicted molar refractivity (Wildman–Crippen MR) is 109 cm³/mol. The number of methoxy groups -OCH3 is 1. The Morgan fingerprint density at radius 3 is 2.43 bits per heavy atom. The number of hydrogen-bond donors (Lipinski definition) is 1. The molecule has 2 aromatic carbocycles. The lowest BCUT2D eigenvalue weighted by molar-refractivity contribution is -0.121. The van der Waals surface area contributed by atoms with Gasteiger partial charge in [0.15, 0.2) is 11.5 Å². The first-order chi connectivity index (χ1) is 13.4. The van der Waals surface area contributed by atoms with Gasteiger partial charge in [-0.2, -0.15) is 5.26 Å². The molecular formula is C23H28N2O3. The molecule has 0 saturated carbocycles. The van der Waals surface area contributed by atoms with Crippen molar-refractivity contribution < 1.29 is 14.3 Å². The number of rotatable bonds is 9. The van der Waals surface area contributed by atoms with Gasteiger partial charge in [0, 0.05) is 6.42 Å². The first kappa shape index (κ1) is 21.3. The summed E-state index contributed by atoms with van der Waals surface area (Å²) >= 11 is 0. The van der Waals surface area contributed by atoms with Crippen LogP contribution in [0.5, 0.6) is 11.5 Å². The molecule has 1 N–H and O–H groups in total. The van der Waals surface area contributed by atoms with E-state index in [9.17, 15) is 4.79 Å². The zero-order chi connectivity index (χ0) is 20.5. The van der Waals surface area contributed by atoms with Crippen LogP contribution < -0.4 is 14.8 Å². The van der Waals surface area contributed by atoms with E-state index < -0.39 is 0 Å². The van der Waals surface area contributed by atoms with Gasteiger partial charge in [-0.3, -0.25) is 4.79 Å². The third-order valence-corrected chi connectivity index (χ3v) is 4.36. The van der Waals surface area contributed by atoms with E-state index in [0.717, 1.165) is 11.1 Å². The van der Waals surface area contributed by atoms with Crippen molar-refractivity contribution in [3.8, 4) is 17.6 Å². The topological polar surface area (TPSA) is 71.3 Å². The van der Waals surface area contributed by atoms with Gasteiger partial charge in [-0.05, 0) is 54.7 Å². The van der Waals surface area contributed by atoms with E-state index in [1.54, 1.807) is 19.2 Å². The summed E-state index contributed by atoms with van der Waals surface area (Å²) in [5, 5.41) is 11.9. The van der Waals surface area contributed by atoms with Crippen LogP contribution >= 0.6 is 0 Å². The van der Waals surface area contributed by atoms with Gasteiger partial charge in [-0.25, -0.2) is 0 Å². The second-order valence-corrected chi connectivity index (χ2v) is 7.21. The van der Waals surface area contributed by atoms with Crippen LogP contribution in [0.3, 0.4) is 0 Å². The quantitative estimate of drug-likeness (QED) is 0.699. The number of carbonyl (C=O) groups excluding carboxylic acids is 1. The molecule has 5 heteroatoms. The van der Waals surface area contributed by atoms with Crippen LogP contribution in [0.25, 0.3) is 0 Å². The SMILES string of the molecule is COc1cc([C@@H](C)NC(=O)CCc2ccc(C#N)cc2)ccc1OCC(C)C. The Labute approximate surface area is 167 Å². The number of ether oxygens (including phenoxy) is 2. The van der Waals surface area contributed by atoms with Crippen molar-refractivity contribution in [2.45, 2.75) is 39.7 Å². The third kappa shape index (κ3) is 6.31. The molecule has 0 fully saturated rings. The lowest BCUT2D eigenvalue weighted by atomic mass is 10.1. The van der Waals surface area contributed by atoms with E-state index in [1.165, 1.54) is 0 Å². The Kier molecular flexibility index (Phi) is 7.88. The van der Waals surface area contributed by atoms with Crippen molar-refractivity contribution in [1.82, 2.24) is 5.32 Å². The van der Waals surface area contributed by atoms with Crippen molar-refractivity contribution in [2.75, 3.05) is 13.7 Å². The number of hydrogen-bond acceptors (Lipinski definition) is 4. The Morgan fingerprint density at radius 2 is 1.82 bits per heavy atom. The maximum absolute atomic E-state index is 12.3. The summed E-state index contributed by atoms with van der Waals surface area (Å²) in [6.45, 7) is 6.76. The monoisotopic (exact) mass is 380 g/mol. The largest absolute Gasteiger partial charge is 0.493 e. The summed E-state index contributed by atoms with van der Waals surface area (Å²) < 4.78 is 11.2. The second kappa shape index (κ2) is 10.4. The average molecular weight is 380 g/mol. The molecule has 1 amide bonds. The highest BCUT2D eigenvalue weighted by molar-refractivity contribution is 5.76. The Bertz CT molecular complexity index is 823. The van der Waals surface area contributed by atoms with Crippen molar-refractivity contribution >= 4 is 5.91 Å². The molecule has 0 aliphatic heterocycles. The molecule has 0 spiro atoms. The lowest BCUT2D eigenvalue weighted by Crippen LogP contribution is -2.26. The Morgan fingerprint density at radius 1 is 1.11 bits per heavy atom. The van der Waals surface area contributed by atoms with E-state index in [0.29, 0.717) is 42.4 Å². The molecule has 0 saturated heterocycles. The van der Waals surface area contributed by atoms with Gasteiger partial charge < -0.3 is 14.8 Å². The minimum Gasteiger partial charge on any atom is -0.493 e. The fraction of sp³-hybridized carbons (Fsp3) is 0.391. The molecule has 5 nitrogen and oxygen atoms in total. The Hall–Kier alpha value is -3.00. The molecule has 0 aliphatic rings. The number of nitrogens with zero attached hydrogens (tertiary/aromatic N) is 1. The normalized spacial score (nSPS) is 11.6. The first-order valence-corrected chi connectivity index (χ1v) is 9.52. The van der Waals surface area contributed by atoms with Gasteiger partial charge in [0.2, 0.25) is 5.91 Å². The number of nitrogens with one attached hydrogen (secondary N) is 1.